The van der Waals surface area contributed by atoms with Gasteiger partial charge in [-0.25, -0.2) is 0 Å². The quantitative estimate of drug-likeness (QED) is 0.640. The summed E-state index contributed by atoms with van der Waals surface area (Å²) in [5.41, 5.74) is 0.732. The first-order valence-corrected chi connectivity index (χ1v) is 8.06. The van der Waals surface area contributed by atoms with Crippen LogP contribution in [0.15, 0.2) is 29.2 Å². The second kappa shape index (κ2) is 7.77. The molecule has 17 heavy (non-hydrogen) atoms. The van der Waals surface area contributed by atoms with E-state index in [1.54, 1.807) is 11.8 Å². The molecule has 0 fully saturated rings. The van der Waals surface area contributed by atoms with Gasteiger partial charge in [-0.05, 0) is 43.4 Å². The zero-order valence-electron chi connectivity index (χ0n) is 10.2. The molecule has 1 aromatic carbocycles. The second-order valence-corrected chi connectivity index (χ2v) is 5.46. The molecule has 1 amide bonds. The largest absolute Gasteiger partial charge is 0.349 e. The van der Waals surface area contributed by atoms with E-state index in [9.17, 15) is 4.79 Å². The summed E-state index contributed by atoms with van der Waals surface area (Å²) < 4.78 is 0. The van der Waals surface area contributed by atoms with Crippen LogP contribution in [-0.4, -0.2) is 23.5 Å². The Morgan fingerprint density at radius 1 is 1.41 bits per heavy atom. The number of amides is 1. The van der Waals surface area contributed by atoms with Crippen molar-refractivity contribution in [2.24, 2.45) is 0 Å². The SMILES string of the molecule is CCC(CCBr)NC(=O)c1ccc(SC)cc1. The fraction of sp³-hybridized carbons (Fsp3) is 0.462. The van der Waals surface area contributed by atoms with Crippen molar-refractivity contribution in [2.75, 3.05) is 11.6 Å². The maximum atomic E-state index is 12.0. The highest BCUT2D eigenvalue weighted by atomic mass is 79.9. The first-order valence-electron chi connectivity index (χ1n) is 5.72. The van der Waals surface area contributed by atoms with Crippen molar-refractivity contribution in [3.63, 3.8) is 0 Å². The lowest BCUT2D eigenvalue weighted by molar-refractivity contribution is 0.0935. The maximum Gasteiger partial charge on any atom is 0.251 e. The van der Waals surface area contributed by atoms with Gasteiger partial charge >= 0.3 is 0 Å². The summed E-state index contributed by atoms with van der Waals surface area (Å²) >= 11 is 5.08. The molecule has 0 aliphatic rings. The average Bonchev–Trinajstić information content (AvgIpc) is 2.38. The van der Waals surface area contributed by atoms with Crippen LogP contribution in [0.25, 0.3) is 0 Å². The number of alkyl halides is 1. The Bertz CT molecular complexity index is 353. The van der Waals surface area contributed by atoms with E-state index in [1.807, 2.05) is 30.5 Å². The van der Waals surface area contributed by atoms with Crippen LogP contribution in [-0.2, 0) is 0 Å². The molecule has 1 atom stereocenters. The Kier molecular flexibility index (Phi) is 6.66. The van der Waals surface area contributed by atoms with Gasteiger partial charge in [-0.15, -0.1) is 11.8 Å². The Labute approximate surface area is 116 Å². The Hall–Kier alpha value is -0.480. The smallest absolute Gasteiger partial charge is 0.251 e. The summed E-state index contributed by atoms with van der Waals surface area (Å²) in [7, 11) is 0. The van der Waals surface area contributed by atoms with E-state index in [-0.39, 0.29) is 11.9 Å². The molecule has 94 valence electrons. The maximum absolute atomic E-state index is 12.0. The zero-order chi connectivity index (χ0) is 12.7. The summed E-state index contributed by atoms with van der Waals surface area (Å²) in [5.74, 6) is 0.0189. The van der Waals surface area contributed by atoms with E-state index >= 15 is 0 Å². The molecule has 1 aromatic rings. The third kappa shape index (κ3) is 4.72. The van der Waals surface area contributed by atoms with Crippen LogP contribution in [0, 0.1) is 0 Å². The van der Waals surface area contributed by atoms with Gasteiger partial charge in [0.15, 0.2) is 0 Å². The van der Waals surface area contributed by atoms with Crippen molar-refractivity contribution in [1.29, 1.82) is 0 Å². The van der Waals surface area contributed by atoms with E-state index in [0.29, 0.717) is 0 Å². The van der Waals surface area contributed by atoms with Crippen LogP contribution in [0.2, 0.25) is 0 Å². The summed E-state index contributed by atoms with van der Waals surface area (Å²) in [6.45, 7) is 2.09. The predicted octanol–water partition coefficient (Wildman–Crippen LogP) is 3.70. The van der Waals surface area contributed by atoms with E-state index in [2.05, 4.69) is 28.2 Å². The van der Waals surface area contributed by atoms with Gasteiger partial charge in [-0.2, -0.15) is 0 Å². The molecule has 0 bridgehead atoms. The molecule has 0 saturated carbocycles. The fourth-order valence-electron chi connectivity index (χ4n) is 1.52. The molecule has 0 spiro atoms. The van der Waals surface area contributed by atoms with E-state index in [4.69, 9.17) is 0 Å². The molecule has 0 aromatic heterocycles. The van der Waals surface area contributed by atoms with Gasteiger partial charge in [-0.3, -0.25) is 4.79 Å². The molecule has 1 unspecified atom stereocenters. The normalized spacial score (nSPS) is 12.2. The standard InChI is InChI=1S/C13H18BrNOS/c1-3-11(8-9-14)15-13(16)10-4-6-12(17-2)7-5-10/h4-7,11H,3,8-9H2,1-2H3,(H,15,16). The lowest BCUT2D eigenvalue weighted by atomic mass is 10.1. The molecular weight excluding hydrogens is 298 g/mol. The lowest BCUT2D eigenvalue weighted by Gasteiger charge is -2.15. The number of thioether (sulfide) groups is 1. The molecular formula is C13H18BrNOS. The van der Waals surface area contributed by atoms with Gasteiger partial charge in [-0.1, -0.05) is 22.9 Å². The Morgan fingerprint density at radius 2 is 2.06 bits per heavy atom. The second-order valence-electron chi connectivity index (χ2n) is 3.78. The number of carbonyl (C=O) groups is 1. The van der Waals surface area contributed by atoms with Crippen LogP contribution >= 0.6 is 27.7 Å². The molecule has 4 heteroatoms. The van der Waals surface area contributed by atoms with Gasteiger partial charge in [0, 0.05) is 21.8 Å². The number of hydrogen-bond donors (Lipinski definition) is 1. The van der Waals surface area contributed by atoms with Crippen LogP contribution < -0.4 is 5.32 Å². The minimum absolute atomic E-state index is 0.0189. The Balaban J connectivity index is 2.62. The summed E-state index contributed by atoms with van der Waals surface area (Å²) in [6.07, 6.45) is 3.95. The van der Waals surface area contributed by atoms with Crippen molar-refractivity contribution in [3.05, 3.63) is 29.8 Å². The van der Waals surface area contributed by atoms with Crippen molar-refractivity contribution in [3.8, 4) is 0 Å². The number of benzene rings is 1. The molecule has 0 aliphatic heterocycles. The highest BCUT2D eigenvalue weighted by Crippen LogP contribution is 2.15. The van der Waals surface area contributed by atoms with Crippen LogP contribution in [0.1, 0.15) is 30.1 Å². The molecule has 1 rings (SSSR count). The third-order valence-electron chi connectivity index (χ3n) is 2.64. The lowest BCUT2D eigenvalue weighted by Crippen LogP contribution is -2.34. The minimum atomic E-state index is 0.0189. The summed E-state index contributed by atoms with van der Waals surface area (Å²) in [5, 5.41) is 3.96. The topological polar surface area (TPSA) is 29.1 Å². The fourth-order valence-corrected chi connectivity index (χ4v) is 2.48. The van der Waals surface area contributed by atoms with Crippen molar-refractivity contribution >= 4 is 33.6 Å². The van der Waals surface area contributed by atoms with E-state index in [1.165, 1.54) is 4.90 Å². The average molecular weight is 316 g/mol. The summed E-state index contributed by atoms with van der Waals surface area (Å²) in [6, 6.07) is 7.96. The van der Waals surface area contributed by atoms with Gasteiger partial charge in [0.25, 0.3) is 5.91 Å². The molecule has 2 nitrogen and oxygen atoms in total. The highest BCUT2D eigenvalue weighted by molar-refractivity contribution is 9.09. The van der Waals surface area contributed by atoms with Crippen molar-refractivity contribution in [2.45, 2.75) is 30.7 Å². The number of rotatable bonds is 6. The van der Waals surface area contributed by atoms with Crippen molar-refractivity contribution < 1.29 is 4.79 Å². The van der Waals surface area contributed by atoms with E-state index in [0.717, 1.165) is 23.7 Å². The van der Waals surface area contributed by atoms with E-state index < -0.39 is 0 Å². The Morgan fingerprint density at radius 3 is 2.53 bits per heavy atom. The monoisotopic (exact) mass is 315 g/mol. The predicted molar refractivity (Wildman–Crippen MR) is 78.2 cm³/mol. The molecule has 0 saturated heterocycles. The third-order valence-corrected chi connectivity index (χ3v) is 3.84. The first kappa shape index (κ1) is 14.6. The zero-order valence-corrected chi connectivity index (χ0v) is 12.6. The van der Waals surface area contributed by atoms with Gasteiger partial charge in [0.05, 0.1) is 0 Å². The molecule has 0 aliphatic carbocycles. The van der Waals surface area contributed by atoms with Gasteiger partial charge in [0.1, 0.15) is 0 Å². The van der Waals surface area contributed by atoms with Crippen LogP contribution in [0.4, 0.5) is 0 Å². The number of hydrogen-bond acceptors (Lipinski definition) is 2. The first-order chi connectivity index (χ1) is 8.21. The summed E-state index contributed by atoms with van der Waals surface area (Å²) in [4.78, 5) is 13.1. The number of nitrogens with one attached hydrogen (secondary N) is 1. The minimum Gasteiger partial charge on any atom is -0.349 e. The molecule has 0 radical (unpaired) electrons. The van der Waals surface area contributed by atoms with Crippen LogP contribution in [0.5, 0.6) is 0 Å². The number of halogens is 1. The molecule has 1 N–H and O–H groups in total. The van der Waals surface area contributed by atoms with Gasteiger partial charge in [0.2, 0.25) is 0 Å². The van der Waals surface area contributed by atoms with Crippen LogP contribution in [0.3, 0.4) is 0 Å². The van der Waals surface area contributed by atoms with Gasteiger partial charge < -0.3 is 5.32 Å². The molecule has 0 heterocycles. The van der Waals surface area contributed by atoms with Crippen molar-refractivity contribution in [1.82, 2.24) is 5.32 Å². The number of carbonyl (C=O) groups excluding carboxylic acids is 1. The highest BCUT2D eigenvalue weighted by Gasteiger charge is 2.11.